The Balaban J connectivity index is 1.83. The maximum Gasteiger partial charge on any atom is 0.338 e. The molecule has 0 fully saturated rings. The summed E-state index contributed by atoms with van der Waals surface area (Å²) < 4.78 is 13.2. The summed E-state index contributed by atoms with van der Waals surface area (Å²) in [6, 6.07) is 16.1. The summed E-state index contributed by atoms with van der Waals surface area (Å²) in [5, 5.41) is 8.15. The molecule has 0 radical (unpaired) electrons. The third-order valence-corrected chi connectivity index (χ3v) is 8.13. The van der Waals surface area contributed by atoms with E-state index in [9.17, 15) is 9.59 Å². The molecule has 0 atom stereocenters. The van der Waals surface area contributed by atoms with Crippen molar-refractivity contribution >= 4 is 100 Å². The third kappa shape index (κ3) is 4.30. The minimum atomic E-state index is -0.299. The summed E-state index contributed by atoms with van der Waals surface area (Å²) in [5.41, 5.74) is 1.17. The summed E-state index contributed by atoms with van der Waals surface area (Å²) in [4.78, 5) is 26.2. The van der Waals surface area contributed by atoms with Crippen LogP contribution in [0.5, 0.6) is 0 Å². The predicted octanol–water partition coefficient (Wildman–Crippen LogP) is 8.57. The van der Waals surface area contributed by atoms with Crippen LogP contribution in [0.15, 0.2) is 48.5 Å². The number of benzene rings is 5. The molecular weight excluding hydrogens is 678 g/mol. The van der Waals surface area contributed by atoms with Crippen molar-refractivity contribution in [2.75, 3.05) is 13.2 Å². The van der Waals surface area contributed by atoms with Crippen LogP contribution < -0.4 is 0 Å². The van der Waals surface area contributed by atoms with E-state index in [1.54, 1.807) is 0 Å². The van der Waals surface area contributed by atoms with Crippen molar-refractivity contribution in [2.24, 2.45) is 11.8 Å². The Morgan fingerprint density at radius 1 is 0.583 bits per heavy atom. The fourth-order valence-electron chi connectivity index (χ4n) is 4.79. The largest absolute Gasteiger partial charge is 0.462 e. The molecule has 0 aliphatic rings. The predicted molar refractivity (Wildman–Crippen MR) is 163 cm³/mol. The van der Waals surface area contributed by atoms with E-state index >= 15 is 0 Å². The van der Waals surface area contributed by atoms with Gasteiger partial charge in [-0.3, -0.25) is 0 Å². The smallest absolute Gasteiger partial charge is 0.338 e. The van der Waals surface area contributed by atoms with Gasteiger partial charge in [0.1, 0.15) is 0 Å². The topological polar surface area (TPSA) is 52.6 Å². The third-order valence-electron chi connectivity index (χ3n) is 6.34. The summed E-state index contributed by atoms with van der Waals surface area (Å²) >= 11 is 4.60. The van der Waals surface area contributed by atoms with Crippen LogP contribution in [0, 0.1) is 19.0 Å². The van der Waals surface area contributed by atoms with Gasteiger partial charge in [-0.05, 0) is 114 Å². The van der Waals surface area contributed by atoms with E-state index in [1.807, 2.05) is 52.0 Å². The number of halogens is 2. The summed E-state index contributed by atoms with van der Waals surface area (Å²) in [6.45, 7) is 8.88. The highest BCUT2D eigenvalue weighted by Crippen LogP contribution is 2.44. The lowest BCUT2D eigenvalue weighted by Gasteiger charge is -2.19. The minimum absolute atomic E-state index is 0.265. The second-order valence-electron chi connectivity index (χ2n) is 10.00. The number of esters is 2. The van der Waals surface area contributed by atoms with Crippen LogP contribution in [0.2, 0.25) is 0 Å². The van der Waals surface area contributed by atoms with Gasteiger partial charge in [0.25, 0.3) is 0 Å². The van der Waals surface area contributed by atoms with Gasteiger partial charge < -0.3 is 9.47 Å². The highest BCUT2D eigenvalue weighted by atomic mass is 127. The van der Waals surface area contributed by atoms with Gasteiger partial charge in [0.05, 0.1) is 24.3 Å². The maximum atomic E-state index is 13.1. The van der Waals surface area contributed by atoms with Crippen molar-refractivity contribution in [3.63, 3.8) is 0 Å². The molecule has 0 saturated heterocycles. The molecule has 0 amide bonds. The van der Waals surface area contributed by atoms with Gasteiger partial charge in [-0.15, -0.1) is 0 Å². The molecule has 4 nitrogen and oxygen atoms in total. The average Bonchev–Trinajstić information content (AvgIpc) is 2.85. The van der Waals surface area contributed by atoms with Crippen LogP contribution in [-0.4, -0.2) is 25.2 Å². The lowest BCUT2D eigenvalue weighted by Crippen LogP contribution is -2.11. The number of carbonyl (C=O) groups excluding carboxylic acids is 2. The van der Waals surface area contributed by atoms with E-state index in [0.29, 0.717) is 24.3 Å². The Bertz CT molecular complexity index is 1510. The van der Waals surface area contributed by atoms with Crippen LogP contribution >= 0.6 is 45.2 Å². The molecule has 0 heterocycles. The van der Waals surface area contributed by atoms with E-state index in [0.717, 1.165) is 50.2 Å². The monoisotopic (exact) mass is 704 g/mol. The first-order chi connectivity index (χ1) is 17.2. The van der Waals surface area contributed by atoms with Crippen molar-refractivity contribution in [1.82, 2.24) is 0 Å². The van der Waals surface area contributed by atoms with Crippen LogP contribution in [0.3, 0.4) is 0 Å². The van der Waals surface area contributed by atoms with Gasteiger partial charge in [0.2, 0.25) is 0 Å². The molecule has 0 unspecified atom stereocenters. The van der Waals surface area contributed by atoms with Crippen LogP contribution in [0.25, 0.3) is 43.1 Å². The van der Waals surface area contributed by atoms with Crippen LogP contribution in [-0.2, 0) is 9.47 Å². The molecular formula is C30H26I2O4. The zero-order valence-electron chi connectivity index (χ0n) is 20.6. The van der Waals surface area contributed by atoms with Gasteiger partial charge in [0.15, 0.2) is 0 Å². The van der Waals surface area contributed by atoms with Gasteiger partial charge in [-0.2, -0.15) is 0 Å². The van der Waals surface area contributed by atoms with Crippen molar-refractivity contribution in [3.05, 3.63) is 66.8 Å². The second kappa shape index (κ2) is 9.93. The Hall–Kier alpha value is -2.20. The quantitative estimate of drug-likeness (QED) is 0.0770. The van der Waals surface area contributed by atoms with Gasteiger partial charge in [-0.1, -0.05) is 52.0 Å². The van der Waals surface area contributed by atoms with Crippen LogP contribution in [0.4, 0.5) is 0 Å². The summed E-state index contributed by atoms with van der Waals surface area (Å²) in [5.74, 6) is -0.0676. The number of hydrogen-bond donors (Lipinski definition) is 0. The first-order valence-corrected chi connectivity index (χ1v) is 14.2. The Morgan fingerprint density at radius 2 is 0.917 bits per heavy atom. The van der Waals surface area contributed by atoms with Crippen molar-refractivity contribution < 1.29 is 19.1 Å². The second-order valence-corrected chi connectivity index (χ2v) is 12.3. The van der Waals surface area contributed by atoms with Gasteiger partial charge in [-0.25, -0.2) is 9.59 Å². The number of fused-ring (bicyclic) bond motifs is 2. The molecule has 0 bridgehead atoms. The van der Waals surface area contributed by atoms with Crippen molar-refractivity contribution in [2.45, 2.75) is 27.7 Å². The lowest BCUT2D eigenvalue weighted by atomic mass is 9.87. The molecule has 0 N–H and O–H groups in total. The molecule has 0 aromatic heterocycles. The standard InChI is InChI=1S/C30H26I2O4/c1-15(2)13-35-29(33)21-7-5-17-20-10-12-24(32)28-22(30(34)36-14-16(3)4)8-6-18(26(20)28)19-9-11-23(31)27(21)25(17)19/h5-12,15-16H,13-14H2,1-4H3. The molecule has 5 aromatic rings. The van der Waals surface area contributed by atoms with Crippen molar-refractivity contribution in [1.29, 1.82) is 0 Å². The number of rotatable bonds is 6. The molecule has 5 aromatic carbocycles. The van der Waals surface area contributed by atoms with E-state index in [-0.39, 0.29) is 23.8 Å². The van der Waals surface area contributed by atoms with E-state index < -0.39 is 0 Å². The number of hydrogen-bond acceptors (Lipinski definition) is 4. The zero-order chi connectivity index (χ0) is 25.7. The lowest BCUT2D eigenvalue weighted by molar-refractivity contribution is 0.0453. The molecule has 0 spiro atoms. The normalized spacial score (nSPS) is 12.0. The van der Waals surface area contributed by atoms with E-state index in [2.05, 4.69) is 69.4 Å². The Labute approximate surface area is 237 Å². The summed E-state index contributed by atoms with van der Waals surface area (Å²) in [6.07, 6.45) is 0. The fourth-order valence-corrected chi connectivity index (χ4v) is 6.27. The summed E-state index contributed by atoms with van der Waals surface area (Å²) in [7, 11) is 0. The fraction of sp³-hybridized carbons (Fsp3) is 0.267. The molecule has 184 valence electrons. The Morgan fingerprint density at radius 3 is 1.25 bits per heavy atom. The first kappa shape index (κ1) is 25.4. The molecule has 0 aliphatic carbocycles. The maximum absolute atomic E-state index is 13.1. The molecule has 36 heavy (non-hydrogen) atoms. The van der Waals surface area contributed by atoms with E-state index in [1.165, 1.54) is 0 Å². The minimum Gasteiger partial charge on any atom is -0.462 e. The van der Waals surface area contributed by atoms with Gasteiger partial charge >= 0.3 is 11.9 Å². The Kier molecular flexibility index (Phi) is 7.02. The highest BCUT2D eigenvalue weighted by molar-refractivity contribution is 14.1. The highest BCUT2D eigenvalue weighted by Gasteiger charge is 2.23. The van der Waals surface area contributed by atoms with E-state index in [4.69, 9.17) is 9.47 Å². The first-order valence-electron chi connectivity index (χ1n) is 12.0. The van der Waals surface area contributed by atoms with Gasteiger partial charge in [0, 0.05) is 17.9 Å². The molecule has 5 rings (SSSR count). The average molecular weight is 704 g/mol. The number of ether oxygens (including phenoxy) is 2. The number of carbonyl (C=O) groups is 2. The molecule has 0 saturated carbocycles. The van der Waals surface area contributed by atoms with Crippen molar-refractivity contribution in [3.8, 4) is 0 Å². The molecule has 0 aliphatic heterocycles. The van der Waals surface area contributed by atoms with Crippen LogP contribution in [0.1, 0.15) is 48.4 Å². The molecule has 6 heteroatoms. The zero-order valence-corrected chi connectivity index (χ0v) is 24.9. The SMILES string of the molecule is CC(C)COC(=O)c1ccc2c3ccc(I)c4c(C(=O)OCC(C)C)ccc(c5ccc(I)c1c52)c43.